The van der Waals surface area contributed by atoms with Gasteiger partial charge >= 0.3 is 0 Å². The second-order valence-corrected chi connectivity index (χ2v) is 5.00. The van der Waals surface area contributed by atoms with Crippen molar-refractivity contribution < 1.29 is 13.5 Å². The van der Waals surface area contributed by atoms with E-state index in [9.17, 15) is 8.78 Å². The quantitative estimate of drug-likeness (QED) is 0.772. The first-order valence-electron chi connectivity index (χ1n) is 7.28. The average molecular weight is 285 g/mol. The summed E-state index contributed by atoms with van der Waals surface area (Å²) in [6, 6.07) is 3.48. The molecule has 4 heteroatoms. The van der Waals surface area contributed by atoms with Crippen molar-refractivity contribution in [3.8, 4) is 0 Å². The molecule has 0 radical (unpaired) electrons. The summed E-state index contributed by atoms with van der Waals surface area (Å²) in [4.78, 5) is 0. The van der Waals surface area contributed by atoms with Gasteiger partial charge in [0, 0.05) is 12.7 Å². The number of benzene rings is 1. The first-order valence-corrected chi connectivity index (χ1v) is 7.28. The molecule has 0 fully saturated rings. The lowest BCUT2D eigenvalue weighted by Crippen LogP contribution is -2.46. The van der Waals surface area contributed by atoms with E-state index >= 15 is 0 Å². The van der Waals surface area contributed by atoms with Crippen LogP contribution in [0.4, 0.5) is 8.78 Å². The number of hydrogen-bond acceptors (Lipinski definition) is 2. The third-order valence-corrected chi connectivity index (χ3v) is 4.02. The normalized spacial score (nSPS) is 13.5. The average Bonchev–Trinajstić information content (AvgIpc) is 2.45. The molecular formula is C16H25F2NO. The number of hydrogen-bond donors (Lipinski definition) is 1. The molecule has 1 N–H and O–H groups in total. The van der Waals surface area contributed by atoms with Gasteiger partial charge in [0.25, 0.3) is 0 Å². The van der Waals surface area contributed by atoms with E-state index < -0.39 is 23.3 Å². The van der Waals surface area contributed by atoms with Gasteiger partial charge in [-0.3, -0.25) is 0 Å². The van der Waals surface area contributed by atoms with Crippen LogP contribution in [0.25, 0.3) is 0 Å². The van der Waals surface area contributed by atoms with Gasteiger partial charge in [-0.05, 0) is 37.9 Å². The molecule has 0 saturated heterocycles. The van der Waals surface area contributed by atoms with Crippen molar-refractivity contribution in [2.45, 2.75) is 51.7 Å². The molecule has 0 bridgehead atoms. The van der Waals surface area contributed by atoms with Crippen LogP contribution in [0.15, 0.2) is 18.2 Å². The first kappa shape index (κ1) is 17.1. The summed E-state index contributed by atoms with van der Waals surface area (Å²) in [5.74, 6) is -1.05. The van der Waals surface area contributed by atoms with Crippen LogP contribution in [0.5, 0.6) is 0 Å². The molecule has 1 unspecified atom stereocenters. The van der Waals surface area contributed by atoms with E-state index in [-0.39, 0.29) is 5.56 Å². The predicted molar refractivity (Wildman–Crippen MR) is 77.7 cm³/mol. The summed E-state index contributed by atoms with van der Waals surface area (Å²) >= 11 is 0. The van der Waals surface area contributed by atoms with Crippen molar-refractivity contribution in [1.82, 2.24) is 5.32 Å². The van der Waals surface area contributed by atoms with Crippen LogP contribution in [0.2, 0.25) is 0 Å². The van der Waals surface area contributed by atoms with E-state index in [4.69, 9.17) is 4.74 Å². The third-order valence-electron chi connectivity index (χ3n) is 4.02. The first-order chi connectivity index (χ1) is 9.56. The molecule has 0 amide bonds. The Hall–Kier alpha value is -1.00. The largest absolute Gasteiger partial charge is 0.376 e. The van der Waals surface area contributed by atoms with Gasteiger partial charge in [0.2, 0.25) is 0 Å². The van der Waals surface area contributed by atoms with Crippen LogP contribution < -0.4 is 5.32 Å². The molecule has 0 spiro atoms. The summed E-state index contributed by atoms with van der Waals surface area (Å²) in [7, 11) is 1.60. The molecule has 0 saturated carbocycles. The van der Waals surface area contributed by atoms with E-state index in [1.165, 1.54) is 18.2 Å². The summed E-state index contributed by atoms with van der Waals surface area (Å²) in [6.45, 7) is 6.66. The lowest BCUT2D eigenvalue weighted by molar-refractivity contribution is -0.0502. The fourth-order valence-electron chi connectivity index (χ4n) is 2.69. The van der Waals surface area contributed by atoms with E-state index in [1.54, 1.807) is 7.11 Å². The number of rotatable bonds is 8. The zero-order valence-corrected chi connectivity index (χ0v) is 12.8. The molecule has 0 aliphatic rings. The topological polar surface area (TPSA) is 21.3 Å². The van der Waals surface area contributed by atoms with E-state index in [0.29, 0.717) is 19.4 Å². The van der Waals surface area contributed by atoms with Gasteiger partial charge in [-0.25, -0.2) is 8.78 Å². The smallest absolute Gasteiger partial charge is 0.131 e. The molecule has 1 atom stereocenters. The third kappa shape index (κ3) is 3.36. The van der Waals surface area contributed by atoms with Gasteiger partial charge < -0.3 is 10.1 Å². The maximum atomic E-state index is 14.1. The minimum Gasteiger partial charge on any atom is -0.376 e. The standard InChI is InChI=1S/C16H25F2NO/c1-5-11-19-15(16(6-2,7-3)20-4)14-12(17)9-8-10-13(14)18/h8-10,15,19H,5-7,11H2,1-4H3. The zero-order valence-electron chi connectivity index (χ0n) is 12.8. The maximum absolute atomic E-state index is 14.1. The number of methoxy groups -OCH3 is 1. The van der Waals surface area contributed by atoms with Gasteiger partial charge in [-0.2, -0.15) is 0 Å². The van der Waals surface area contributed by atoms with Crippen LogP contribution in [-0.2, 0) is 4.74 Å². The summed E-state index contributed by atoms with van der Waals surface area (Å²) in [5, 5.41) is 3.26. The van der Waals surface area contributed by atoms with Crippen molar-refractivity contribution in [2.75, 3.05) is 13.7 Å². The summed E-state index contributed by atoms with van der Waals surface area (Å²) in [5.41, 5.74) is -0.537. The van der Waals surface area contributed by atoms with Crippen LogP contribution in [0, 0.1) is 11.6 Å². The molecule has 0 aliphatic heterocycles. The van der Waals surface area contributed by atoms with Crippen LogP contribution in [0.3, 0.4) is 0 Å². The van der Waals surface area contributed by atoms with Crippen molar-refractivity contribution in [1.29, 1.82) is 0 Å². The zero-order chi connectivity index (χ0) is 15.2. The Bertz CT molecular complexity index is 390. The molecule has 20 heavy (non-hydrogen) atoms. The van der Waals surface area contributed by atoms with Crippen molar-refractivity contribution in [3.05, 3.63) is 35.4 Å². The van der Waals surface area contributed by atoms with Crippen LogP contribution in [0.1, 0.15) is 51.6 Å². The Balaban J connectivity index is 3.31. The SMILES string of the molecule is CCCNC(c1c(F)cccc1F)C(CC)(CC)OC. The van der Waals surface area contributed by atoms with Gasteiger partial charge in [-0.1, -0.05) is 26.8 Å². The van der Waals surface area contributed by atoms with Crippen LogP contribution >= 0.6 is 0 Å². The molecule has 0 aromatic heterocycles. The lowest BCUT2D eigenvalue weighted by Gasteiger charge is -2.39. The van der Waals surface area contributed by atoms with E-state index in [1.807, 2.05) is 20.8 Å². The minimum atomic E-state index is -0.613. The van der Waals surface area contributed by atoms with Gasteiger partial charge in [-0.15, -0.1) is 0 Å². The molecule has 1 aromatic rings. The van der Waals surface area contributed by atoms with Crippen LogP contribution in [-0.4, -0.2) is 19.3 Å². The molecule has 1 rings (SSSR count). The molecule has 1 aromatic carbocycles. The highest BCUT2D eigenvalue weighted by Gasteiger charge is 2.39. The highest BCUT2D eigenvalue weighted by Crippen LogP contribution is 2.37. The lowest BCUT2D eigenvalue weighted by atomic mass is 9.83. The second-order valence-electron chi connectivity index (χ2n) is 5.00. The number of nitrogens with one attached hydrogen (secondary N) is 1. The van der Waals surface area contributed by atoms with Gasteiger partial charge in [0.1, 0.15) is 11.6 Å². The van der Waals surface area contributed by atoms with E-state index in [2.05, 4.69) is 5.32 Å². The molecule has 2 nitrogen and oxygen atoms in total. The Labute approximate surface area is 120 Å². The summed E-state index contributed by atoms with van der Waals surface area (Å²) < 4.78 is 33.9. The Morgan fingerprint density at radius 2 is 1.70 bits per heavy atom. The molecule has 0 aliphatic carbocycles. The second kappa shape index (κ2) is 7.70. The summed E-state index contributed by atoms with van der Waals surface area (Å²) in [6.07, 6.45) is 2.24. The van der Waals surface area contributed by atoms with Gasteiger partial charge in [0.15, 0.2) is 0 Å². The molecule has 0 heterocycles. The minimum absolute atomic E-state index is 0.0755. The highest BCUT2D eigenvalue weighted by molar-refractivity contribution is 5.26. The maximum Gasteiger partial charge on any atom is 0.131 e. The van der Waals surface area contributed by atoms with Crippen molar-refractivity contribution >= 4 is 0 Å². The number of halogens is 2. The number of ether oxygens (including phenoxy) is 1. The predicted octanol–water partition coefficient (Wildman–Crippen LogP) is 4.21. The molecule has 114 valence electrons. The monoisotopic (exact) mass is 285 g/mol. The fourth-order valence-corrected chi connectivity index (χ4v) is 2.69. The van der Waals surface area contributed by atoms with Crippen molar-refractivity contribution in [2.24, 2.45) is 0 Å². The Kier molecular flexibility index (Phi) is 6.56. The Morgan fingerprint density at radius 3 is 2.10 bits per heavy atom. The molecular weight excluding hydrogens is 260 g/mol. The highest BCUT2D eigenvalue weighted by atomic mass is 19.1. The van der Waals surface area contributed by atoms with Gasteiger partial charge in [0.05, 0.1) is 11.6 Å². The van der Waals surface area contributed by atoms with E-state index in [0.717, 1.165) is 6.42 Å². The fraction of sp³-hybridized carbons (Fsp3) is 0.625. The van der Waals surface area contributed by atoms with Crippen molar-refractivity contribution in [3.63, 3.8) is 0 Å². The Morgan fingerprint density at radius 1 is 1.15 bits per heavy atom.